The largest absolute Gasteiger partial charge is 0.355 e. The van der Waals surface area contributed by atoms with Crippen LogP contribution in [0.5, 0.6) is 0 Å². The van der Waals surface area contributed by atoms with Crippen LogP contribution < -0.4 is 10.6 Å². The van der Waals surface area contributed by atoms with E-state index in [1.165, 1.54) is 4.88 Å². The molecule has 1 aliphatic heterocycles. The van der Waals surface area contributed by atoms with E-state index in [1.807, 2.05) is 43.5 Å². The number of hydrogen-bond donors (Lipinski definition) is 2. The van der Waals surface area contributed by atoms with Gasteiger partial charge in [0.15, 0.2) is 0 Å². The lowest BCUT2D eigenvalue weighted by molar-refractivity contribution is -0.120. The summed E-state index contributed by atoms with van der Waals surface area (Å²) in [5, 5.41) is 7.87. The molecule has 0 bridgehead atoms. The van der Waals surface area contributed by atoms with Crippen molar-refractivity contribution in [2.75, 3.05) is 11.9 Å². The molecule has 0 spiro atoms. The Morgan fingerprint density at radius 2 is 2.13 bits per heavy atom. The van der Waals surface area contributed by atoms with Gasteiger partial charge < -0.3 is 10.6 Å². The minimum Gasteiger partial charge on any atom is -0.355 e. The fourth-order valence-electron chi connectivity index (χ4n) is 2.76. The van der Waals surface area contributed by atoms with Crippen molar-refractivity contribution in [1.82, 2.24) is 5.32 Å². The van der Waals surface area contributed by atoms with Crippen molar-refractivity contribution in [3.63, 3.8) is 0 Å². The van der Waals surface area contributed by atoms with E-state index in [4.69, 9.17) is 0 Å². The molecule has 1 aromatic carbocycles. The van der Waals surface area contributed by atoms with Crippen LogP contribution in [0, 0.1) is 0 Å². The zero-order valence-electron chi connectivity index (χ0n) is 13.3. The minimum atomic E-state index is -0.541. The van der Waals surface area contributed by atoms with Crippen LogP contribution in [0.25, 0.3) is 0 Å². The third-order valence-electron chi connectivity index (χ3n) is 4.21. The molecule has 0 aliphatic carbocycles. The lowest BCUT2D eigenvalue weighted by Crippen LogP contribution is -2.28. The number of hydrogen-bond acceptors (Lipinski definition) is 3. The first-order valence-corrected chi connectivity index (χ1v) is 8.59. The number of carbonyl (C=O) groups is 2. The zero-order valence-corrected chi connectivity index (χ0v) is 14.1. The molecule has 5 heteroatoms. The molecular weight excluding hydrogens is 308 g/mol. The highest BCUT2D eigenvalue weighted by atomic mass is 32.1. The van der Waals surface area contributed by atoms with Crippen LogP contribution >= 0.6 is 11.3 Å². The molecule has 2 aromatic rings. The average molecular weight is 328 g/mol. The Kier molecular flexibility index (Phi) is 4.22. The van der Waals surface area contributed by atoms with Crippen molar-refractivity contribution in [2.24, 2.45) is 0 Å². The molecule has 3 rings (SSSR count). The van der Waals surface area contributed by atoms with Gasteiger partial charge in [-0.15, -0.1) is 11.3 Å². The summed E-state index contributed by atoms with van der Waals surface area (Å²) in [7, 11) is 0. The van der Waals surface area contributed by atoms with Gasteiger partial charge in [0, 0.05) is 17.1 Å². The molecular formula is C18H20N2O2S. The predicted molar refractivity (Wildman–Crippen MR) is 92.8 cm³/mol. The van der Waals surface area contributed by atoms with Gasteiger partial charge in [-0.3, -0.25) is 9.59 Å². The second-order valence-electron chi connectivity index (χ2n) is 6.32. The fraction of sp³-hybridized carbons (Fsp3) is 0.333. The Morgan fingerprint density at radius 3 is 2.87 bits per heavy atom. The Labute approximate surface area is 139 Å². The maximum Gasteiger partial charge on any atom is 0.234 e. The molecule has 120 valence electrons. The van der Waals surface area contributed by atoms with E-state index >= 15 is 0 Å². The minimum absolute atomic E-state index is 0.00468. The van der Waals surface area contributed by atoms with E-state index in [-0.39, 0.29) is 11.8 Å². The van der Waals surface area contributed by atoms with Crippen LogP contribution in [0.2, 0.25) is 0 Å². The third kappa shape index (κ3) is 3.29. The molecule has 0 radical (unpaired) electrons. The molecule has 0 saturated carbocycles. The number of carbonyl (C=O) groups excluding carboxylic acids is 2. The number of thiophene rings is 1. The molecule has 2 N–H and O–H groups in total. The maximum atomic E-state index is 12.1. The summed E-state index contributed by atoms with van der Waals surface area (Å²) in [5.74, 6) is 0.0154. The molecule has 2 heterocycles. The first kappa shape index (κ1) is 15.7. The lowest BCUT2D eigenvalue weighted by Gasteiger charge is -2.15. The van der Waals surface area contributed by atoms with Crippen molar-refractivity contribution < 1.29 is 9.59 Å². The molecule has 4 nitrogen and oxygen atoms in total. The van der Waals surface area contributed by atoms with Gasteiger partial charge in [0.25, 0.3) is 0 Å². The molecule has 1 aliphatic rings. The van der Waals surface area contributed by atoms with Crippen molar-refractivity contribution in [1.29, 1.82) is 0 Å². The van der Waals surface area contributed by atoms with Gasteiger partial charge in [-0.05, 0) is 48.9 Å². The molecule has 0 unspecified atom stereocenters. The monoisotopic (exact) mass is 328 g/mol. The summed E-state index contributed by atoms with van der Waals surface area (Å²) in [5.41, 5.74) is 2.20. The summed E-state index contributed by atoms with van der Waals surface area (Å²) in [6, 6.07) is 9.84. The van der Waals surface area contributed by atoms with Crippen molar-refractivity contribution in [2.45, 2.75) is 32.1 Å². The number of fused-ring (bicyclic) bond motifs is 1. The van der Waals surface area contributed by atoms with E-state index in [1.54, 1.807) is 11.3 Å². The van der Waals surface area contributed by atoms with Crippen LogP contribution in [0.1, 0.15) is 29.9 Å². The van der Waals surface area contributed by atoms with Gasteiger partial charge in [0.2, 0.25) is 11.8 Å². The second-order valence-corrected chi connectivity index (χ2v) is 7.35. The quantitative estimate of drug-likeness (QED) is 0.887. The van der Waals surface area contributed by atoms with Crippen molar-refractivity contribution >= 4 is 28.8 Å². The Bertz CT molecular complexity index is 735. The highest BCUT2D eigenvalue weighted by Crippen LogP contribution is 2.37. The molecule has 0 fully saturated rings. The number of benzene rings is 1. The summed E-state index contributed by atoms with van der Waals surface area (Å²) < 4.78 is 0. The summed E-state index contributed by atoms with van der Waals surface area (Å²) >= 11 is 1.70. The molecule has 23 heavy (non-hydrogen) atoms. The first-order valence-electron chi connectivity index (χ1n) is 7.71. The molecule has 2 amide bonds. The topological polar surface area (TPSA) is 58.2 Å². The standard InChI is InChI=1S/C18H20N2O2S/c1-18(2)14-10-12(5-6-15(14)20-17(18)22)11-16(21)19-8-7-13-4-3-9-23-13/h3-6,9-10H,7-8,11H2,1-2H3,(H,19,21)(H,20,22). The number of anilines is 1. The average Bonchev–Trinajstić information content (AvgIpc) is 3.08. The SMILES string of the molecule is CC1(C)C(=O)Nc2ccc(CC(=O)NCCc3cccs3)cc21. The van der Waals surface area contributed by atoms with E-state index in [2.05, 4.69) is 16.7 Å². The zero-order chi connectivity index (χ0) is 16.4. The Hall–Kier alpha value is -2.14. The summed E-state index contributed by atoms with van der Waals surface area (Å²) in [4.78, 5) is 25.3. The fourth-order valence-corrected chi connectivity index (χ4v) is 3.47. The van der Waals surface area contributed by atoms with Gasteiger partial charge in [0.1, 0.15) is 0 Å². The highest BCUT2D eigenvalue weighted by molar-refractivity contribution is 7.09. The van der Waals surface area contributed by atoms with Crippen LogP contribution in [-0.4, -0.2) is 18.4 Å². The van der Waals surface area contributed by atoms with E-state index in [9.17, 15) is 9.59 Å². The predicted octanol–water partition coefficient (Wildman–Crippen LogP) is 2.88. The third-order valence-corrected chi connectivity index (χ3v) is 5.15. The van der Waals surface area contributed by atoms with Crippen molar-refractivity contribution in [3.8, 4) is 0 Å². The Balaban J connectivity index is 1.59. The molecule has 0 atom stereocenters. The normalized spacial score (nSPS) is 15.1. The van der Waals surface area contributed by atoms with E-state index in [0.29, 0.717) is 13.0 Å². The molecule has 0 saturated heterocycles. The van der Waals surface area contributed by atoms with Crippen molar-refractivity contribution in [3.05, 3.63) is 51.7 Å². The maximum absolute atomic E-state index is 12.1. The van der Waals surface area contributed by atoms with Crippen LogP contribution in [0.3, 0.4) is 0 Å². The Morgan fingerprint density at radius 1 is 1.30 bits per heavy atom. The highest BCUT2D eigenvalue weighted by Gasteiger charge is 2.38. The second kappa shape index (κ2) is 6.16. The van der Waals surface area contributed by atoms with Crippen LogP contribution in [0.4, 0.5) is 5.69 Å². The van der Waals surface area contributed by atoms with Gasteiger partial charge in [-0.1, -0.05) is 18.2 Å². The number of nitrogens with one attached hydrogen (secondary N) is 2. The van der Waals surface area contributed by atoms with Gasteiger partial charge in [-0.2, -0.15) is 0 Å². The number of amides is 2. The van der Waals surface area contributed by atoms with E-state index in [0.717, 1.165) is 23.2 Å². The molecule has 1 aromatic heterocycles. The lowest BCUT2D eigenvalue weighted by atomic mass is 9.85. The van der Waals surface area contributed by atoms with Gasteiger partial charge >= 0.3 is 0 Å². The van der Waals surface area contributed by atoms with Gasteiger partial charge in [0.05, 0.1) is 11.8 Å². The summed E-state index contributed by atoms with van der Waals surface area (Å²) in [6.45, 7) is 4.45. The number of rotatable bonds is 5. The van der Waals surface area contributed by atoms with Gasteiger partial charge in [-0.25, -0.2) is 0 Å². The summed E-state index contributed by atoms with van der Waals surface area (Å²) in [6.07, 6.45) is 1.20. The van der Waals surface area contributed by atoms with Crippen LogP contribution in [-0.2, 0) is 27.8 Å². The smallest absolute Gasteiger partial charge is 0.234 e. The van der Waals surface area contributed by atoms with E-state index < -0.39 is 5.41 Å². The first-order chi connectivity index (χ1) is 11.0. The van der Waals surface area contributed by atoms with Crippen LogP contribution in [0.15, 0.2) is 35.7 Å².